The number of rotatable bonds is 2. The highest BCUT2D eigenvalue weighted by atomic mass is 79.9. The second-order valence-corrected chi connectivity index (χ2v) is 4.58. The van der Waals surface area contributed by atoms with E-state index in [4.69, 9.17) is 21.0 Å². The highest BCUT2D eigenvalue weighted by molar-refractivity contribution is 9.10. The van der Waals surface area contributed by atoms with Crippen molar-refractivity contribution in [1.82, 2.24) is 0 Å². The van der Waals surface area contributed by atoms with E-state index in [0.29, 0.717) is 32.8 Å². The second-order valence-electron chi connectivity index (χ2n) is 3.72. The number of nitrogens with zero attached hydrogens (tertiary/aromatic N) is 2. The van der Waals surface area contributed by atoms with E-state index in [1.54, 1.807) is 36.4 Å². The fourth-order valence-electron chi connectivity index (χ4n) is 1.50. The van der Waals surface area contributed by atoms with Crippen molar-refractivity contribution >= 4 is 21.6 Å². The molecule has 0 bridgehead atoms. The SMILES string of the molecule is N#Cc1ccc(Oc2ccc(N)cc2C#N)cc1Br. The number of ether oxygens (including phenoxy) is 1. The number of nitrogens with two attached hydrogens (primary N) is 1. The van der Waals surface area contributed by atoms with Gasteiger partial charge in [-0.2, -0.15) is 10.5 Å². The molecule has 4 nitrogen and oxygen atoms in total. The maximum atomic E-state index is 9.02. The molecule has 0 spiro atoms. The van der Waals surface area contributed by atoms with Crippen molar-refractivity contribution in [3.63, 3.8) is 0 Å². The van der Waals surface area contributed by atoms with Gasteiger partial charge in [0.2, 0.25) is 0 Å². The van der Waals surface area contributed by atoms with Crippen LogP contribution in [0.1, 0.15) is 11.1 Å². The fraction of sp³-hybridized carbons (Fsp3) is 0. The van der Waals surface area contributed by atoms with Gasteiger partial charge >= 0.3 is 0 Å². The summed E-state index contributed by atoms with van der Waals surface area (Å²) in [5.41, 5.74) is 6.99. The first kappa shape index (κ1) is 12.9. The number of halogens is 1. The molecule has 5 heteroatoms. The van der Waals surface area contributed by atoms with Gasteiger partial charge < -0.3 is 10.5 Å². The summed E-state index contributed by atoms with van der Waals surface area (Å²) < 4.78 is 6.26. The largest absolute Gasteiger partial charge is 0.456 e. The summed E-state index contributed by atoms with van der Waals surface area (Å²) in [6.45, 7) is 0. The first-order valence-electron chi connectivity index (χ1n) is 5.31. The van der Waals surface area contributed by atoms with E-state index in [-0.39, 0.29) is 0 Å². The molecule has 0 heterocycles. The van der Waals surface area contributed by atoms with Gasteiger partial charge in [-0.25, -0.2) is 0 Å². The summed E-state index contributed by atoms with van der Waals surface area (Å²) in [7, 11) is 0. The minimum absolute atomic E-state index is 0.362. The lowest BCUT2D eigenvalue weighted by Gasteiger charge is -2.08. The molecule has 2 N–H and O–H groups in total. The van der Waals surface area contributed by atoms with Crippen LogP contribution in [-0.2, 0) is 0 Å². The van der Waals surface area contributed by atoms with Crippen LogP contribution in [0.15, 0.2) is 40.9 Å². The zero-order valence-electron chi connectivity index (χ0n) is 9.72. The Morgan fingerprint density at radius 3 is 2.37 bits per heavy atom. The minimum atomic E-state index is 0.362. The summed E-state index contributed by atoms with van der Waals surface area (Å²) in [5, 5.41) is 17.9. The lowest BCUT2D eigenvalue weighted by Crippen LogP contribution is -1.92. The van der Waals surface area contributed by atoms with Crippen LogP contribution >= 0.6 is 15.9 Å². The summed E-state index contributed by atoms with van der Waals surface area (Å²) in [6.07, 6.45) is 0. The van der Waals surface area contributed by atoms with Crippen LogP contribution in [0.4, 0.5) is 5.69 Å². The quantitative estimate of drug-likeness (QED) is 0.859. The third-order valence-electron chi connectivity index (χ3n) is 2.41. The predicted molar refractivity (Wildman–Crippen MR) is 74.5 cm³/mol. The standard InChI is InChI=1S/C14H8BrN3O/c15-13-6-12(3-1-9(13)7-16)19-14-4-2-11(18)5-10(14)8-17/h1-6H,18H2. The molecule has 0 radical (unpaired) electrons. The summed E-state index contributed by atoms with van der Waals surface area (Å²) in [5.74, 6) is 0.959. The molecule has 0 aliphatic rings. The molecule has 2 aromatic rings. The average molecular weight is 314 g/mol. The lowest BCUT2D eigenvalue weighted by molar-refractivity contribution is 0.481. The average Bonchev–Trinajstić information content (AvgIpc) is 2.41. The maximum absolute atomic E-state index is 9.02. The van der Waals surface area contributed by atoms with Crippen molar-refractivity contribution in [3.8, 4) is 23.6 Å². The van der Waals surface area contributed by atoms with Gasteiger partial charge in [-0.1, -0.05) is 0 Å². The van der Waals surface area contributed by atoms with Crippen LogP contribution in [0.5, 0.6) is 11.5 Å². The highest BCUT2D eigenvalue weighted by Gasteiger charge is 2.07. The Morgan fingerprint density at radius 2 is 1.74 bits per heavy atom. The molecule has 92 valence electrons. The van der Waals surface area contributed by atoms with Crippen molar-refractivity contribution in [2.45, 2.75) is 0 Å². The maximum Gasteiger partial charge on any atom is 0.145 e. The number of hydrogen-bond acceptors (Lipinski definition) is 4. The Balaban J connectivity index is 2.35. The van der Waals surface area contributed by atoms with E-state index < -0.39 is 0 Å². The zero-order valence-corrected chi connectivity index (χ0v) is 11.3. The molecule has 2 rings (SSSR count). The van der Waals surface area contributed by atoms with Crippen LogP contribution in [0, 0.1) is 22.7 Å². The zero-order chi connectivity index (χ0) is 13.8. The third kappa shape index (κ3) is 2.85. The Hall–Kier alpha value is -2.50. The molecule has 0 unspecified atom stereocenters. The normalized spacial score (nSPS) is 9.42. The Labute approximate surface area is 118 Å². The predicted octanol–water partition coefficient (Wildman–Crippen LogP) is 3.57. The van der Waals surface area contributed by atoms with Crippen LogP contribution in [0.3, 0.4) is 0 Å². The highest BCUT2D eigenvalue weighted by Crippen LogP contribution is 2.29. The first-order chi connectivity index (χ1) is 9.13. The van der Waals surface area contributed by atoms with Crippen molar-refractivity contribution in [2.75, 3.05) is 5.73 Å². The molecule has 2 aromatic carbocycles. The summed E-state index contributed by atoms with van der Waals surface area (Å²) in [4.78, 5) is 0. The van der Waals surface area contributed by atoms with Crippen LogP contribution in [0.2, 0.25) is 0 Å². The number of nitrogen functional groups attached to an aromatic ring is 1. The Morgan fingerprint density at radius 1 is 1.00 bits per heavy atom. The first-order valence-corrected chi connectivity index (χ1v) is 6.10. The monoisotopic (exact) mass is 313 g/mol. The molecule has 19 heavy (non-hydrogen) atoms. The van der Waals surface area contributed by atoms with Crippen molar-refractivity contribution in [3.05, 3.63) is 52.0 Å². The van der Waals surface area contributed by atoms with Gasteiger partial charge in [0.25, 0.3) is 0 Å². The van der Waals surface area contributed by atoms with Crippen molar-refractivity contribution in [1.29, 1.82) is 10.5 Å². The Kier molecular flexibility index (Phi) is 3.70. The van der Waals surface area contributed by atoms with Crippen LogP contribution < -0.4 is 10.5 Å². The van der Waals surface area contributed by atoms with Crippen LogP contribution in [0.25, 0.3) is 0 Å². The van der Waals surface area contributed by atoms with Gasteiger partial charge in [0, 0.05) is 10.2 Å². The Bertz CT molecular complexity index is 714. The van der Waals surface area contributed by atoms with Crippen LogP contribution in [-0.4, -0.2) is 0 Å². The smallest absolute Gasteiger partial charge is 0.145 e. The molecule has 0 fully saturated rings. The summed E-state index contributed by atoms with van der Waals surface area (Å²) in [6, 6.07) is 13.9. The van der Waals surface area contributed by atoms with Gasteiger partial charge in [0.1, 0.15) is 23.6 Å². The van der Waals surface area contributed by atoms with Gasteiger partial charge in [-0.05, 0) is 52.3 Å². The molecule has 0 aliphatic heterocycles. The lowest BCUT2D eigenvalue weighted by atomic mass is 10.2. The van der Waals surface area contributed by atoms with E-state index >= 15 is 0 Å². The van der Waals surface area contributed by atoms with Gasteiger partial charge in [-0.15, -0.1) is 0 Å². The molecular formula is C14H8BrN3O. The van der Waals surface area contributed by atoms with E-state index in [1.165, 1.54) is 0 Å². The molecule has 0 saturated carbocycles. The summed E-state index contributed by atoms with van der Waals surface area (Å²) >= 11 is 3.28. The molecule has 0 aromatic heterocycles. The van der Waals surface area contributed by atoms with E-state index in [0.717, 1.165) is 0 Å². The van der Waals surface area contributed by atoms with E-state index in [9.17, 15) is 0 Å². The second kappa shape index (κ2) is 5.43. The van der Waals surface area contributed by atoms with Gasteiger partial charge in [0.15, 0.2) is 0 Å². The molecule has 0 saturated heterocycles. The molecule has 0 aliphatic carbocycles. The number of nitriles is 2. The fourth-order valence-corrected chi connectivity index (χ4v) is 1.95. The molecular weight excluding hydrogens is 306 g/mol. The van der Waals surface area contributed by atoms with E-state index in [2.05, 4.69) is 15.9 Å². The third-order valence-corrected chi connectivity index (χ3v) is 3.07. The van der Waals surface area contributed by atoms with E-state index in [1.807, 2.05) is 12.1 Å². The van der Waals surface area contributed by atoms with Crippen molar-refractivity contribution < 1.29 is 4.74 Å². The number of anilines is 1. The number of benzene rings is 2. The molecule has 0 atom stereocenters. The van der Waals surface area contributed by atoms with Crippen molar-refractivity contribution in [2.24, 2.45) is 0 Å². The van der Waals surface area contributed by atoms with Gasteiger partial charge in [0.05, 0.1) is 11.1 Å². The van der Waals surface area contributed by atoms with Gasteiger partial charge in [-0.3, -0.25) is 0 Å². The molecule has 0 amide bonds. The number of hydrogen-bond donors (Lipinski definition) is 1. The topological polar surface area (TPSA) is 82.8 Å². The minimum Gasteiger partial charge on any atom is -0.456 e.